The molecule has 0 bridgehead atoms. The first-order chi connectivity index (χ1) is 11.1. The third-order valence-corrected chi connectivity index (χ3v) is 4.53. The molecule has 5 heteroatoms. The van der Waals surface area contributed by atoms with Crippen molar-refractivity contribution >= 4 is 11.9 Å². The number of hydrogen-bond acceptors (Lipinski definition) is 3. The molecule has 1 aromatic carbocycles. The van der Waals surface area contributed by atoms with E-state index in [0.717, 1.165) is 18.4 Å². The van der Waals surface area contributed by atoms with Crippen LogP contribution < -0.4 is 5.32 Å². The molecule has 0 aromatic heterocycles. The number of nitrogens with one attached hydrogen (secondary N) is 1. The molecular formula is C18H25NO4. The Bertz CT molecular complexity index is 511. The number of amides is 1. The van der Waals surface area contributed by atoms with Gasteiger partial charge in [-0.25, -0.2) is 0 Å². The average Bonchev–Trinajstić information content (AvgIpc) is 2.56. The van der Waals surface area contributed by atoms with Crippen LogP contribution in [0.25, 0.3) is 0 Å². The van der Waals surface area contributed by atoms with Crippen molar-refractivity contribution in [3.63, 3.8) is 0 Å². The van der Waals surface area contributed by atoms with Gasteiger partial charge in [-0.3, -0.25) is 9.59 Å². The minimum Gasteiger partial charge on any atom is -0.481 e. The second kappa shape index (κ2) is 8.67. The number of ether oxygens (including phenoxy) is 1. The largest absolute Gasteiger partial charge is 0.481 e. The summed E-state index contributed by atoms with van der Waals surface area (Å²) in [7, 11) is 0. The summed E-state index contributed by atoms with van der Waals surface area (Å²) in [4.78, 5) is 23.6. The maximum Gasteiger partial charge on any atom is 0.308 e. The van der Waals surface area contributed by atoms with Gasteiger partial charge < -0.3 is 15.2 Å². The lowest BCUT2D eigenvalue weighted by atomic mass is 9.86. The molecule has 1 amide bonds. The van der Waals surface area contributed by atoms with E-state index in [1.165, 1.54) is 0 Å². The number of carboxylic acid groups (broad SMARTS) is 1. The van der Waals surface area contributed by atoms with Crippen molar-refractivity contribution in [3.05, 3.63) is 35.9 Å². The number of rotatable bonds is 7. The van der Waals surface area contributed by atoms with E-state index in [1.807, 2.05) is 37.3 Å². The van der Waals surface area contributed by atoms with E-state index in [4.69, 9.17) is 4.74 Å². The highest BCUT2D eigenvalue weighted by Crippen LogP contribution is 2.24. The van der Waals surface area contributed by atoms with Gasteiger partial charge >= 0.3 is 5.97 Å². The second-order valence-corrected chi connectivity index (χ2v) is 6.21. The van der Waals surface area contributed by atoms with E-state index >= 15 is 0 Å². The van der Waals surface area contributed by atoms with Gasteiger partial charge in [0.1, 0.15) is 0 Å². The molecule has 1 fully saturated rings. The Kier molecular flexibility index (Phi) is 6.59. The topological polar surface area (TPSA) is 75.6 Å². The summed E-state index contributed by atoms with van der Waals surface area (Å²) in [5.74, 6) is -1.28. The molecule has 2 unspecified atom stereocenters. The molecule has 1 aromatic rings. The first kappa shape index (κ1) is 17.5. The Morgan fingerprint density at radius 3 is 2.52 bits per heavy atom. The van der Waals surface area contributed by atoms with Crippen LogP contribution in [0, 0.1) is 11.8 Å². The molecule has 2 atom stereocenters. The summed E-state index contributed by atoms with van der Waals surface area (Å²) in [6.07, 6.45) is 1.85. The monoisotopic (exact) mass is 319 g/mol. The maximum absolute atomic E-state index is 12.1. The molecule has 1 aliphatic heterocycles. The van der Waals surface area contributed by atoms with Gasteiger partial charge in [0.15, 0.2) is 0 Å². The lowest BCUT2D eigenvalue weighted by molar-refractivity contribution is -0.145. The highest BCUT2D eigenvalue weighted by atomic mass is 16.5. The van der Waals surface area contributed by atoms with Gasteiger partial charge in [0.05, 0.1) is 5.92 Å². The Morgan fingerprint density at radius 1 is 1.26 bits per heavy atom. The van der Waals surface area contributed by atoms with E-state index in [-0.39, 0.29) is 24.3 Å². The second-order valence-electron chi connectivity index (χ2n) is 6.21. The maximum atomic E-state index is 12.1. The quantitative estimate of drug-likeness (QED) is 0.809. The van der Waals surface area contributed by atoms with Gasteiger partial charge in [-0.1, -0.05) is 37.3 Å². The van der Waals surface area contributed by atoms with Crippen LogP contribution in [-0.2, 0) is 14.3 Å². The molecule has 1 saturated heterocycles. The third-order valence-electron chi connectivity index (χ3n) is 4.53. The van der Waals surface area contributed by atoms with Gasteiger partial charge in [0, 0.05) is 26.2 Å². The van der Waals surface area contributed by atoms with Gasteiger partial charge in [0.25, 0.3) is 0 Å². The highest BCUT2D eigenvalue weighted by molar-refractivity contribution is 5.78. The van der Waals surface area contributed by atoms with Crippen LogP contribution in [0.4, 0.5) is 0 Å². The van der Waals surface area contributed by atoms with E-state index in [0.29, 0.717) is 19.6 Å². The molecule has 5 nitrogen and oxygen atoms in total. The summed E-state index contributed by atoms with van der Waals surface area (Å²) in [5.41, 5.74) is 1.11. The SMILES string of the molecule is CC(CC(=O)NCC(C(=O)O)C1CCOCC1)c1ccccc1. The number of carbonyl (C=O) groups excluding carboxylic acids is 1. The van der Waals surface area contributed by atoms with Crippen molar-refractivity contribution < 1.29 is 19.4 Å². The number of benzene rings is 1. The standard InChI is InChI=1S/C18H25NO4/c1-13(14-5-3-2-4-6-14)11-17(20)19-12-16(18(21)22)15-7-9-23-10-8-15/h2-6,13,15-16H,7-12H2,1H3,(H,19,20)(H,21,22). The Balaban J connectivity index is 1.82. The Labute approximate surface area is 137 Å². The van der Waals surface area contributed by atoms with Crippen molar-refractivity contribution in [3.8, 4) is 0 Å². The first-order valence-corrected chi connectivity index (χ1v) is 8.20. The molecule has 0 aliphatic carbocycles. The minimum atomic E-state index is -0.840. The van der Waals surface area contributed by atoms with E-state index in [2.05, 4.69) is 5.32 Å². The molecule has 1 heterocycles. The molecule has 0 spiro atoms. The van der Waals surface area contributed by atoms with Gasteiger partial charge in [-0.05, 0) is 30.2 Å². The zero-order valence-corrected chi connectivity index (χ0v) is 13.5. The van der Waals surface area contributed by atoms with Crippen LogP contribution >= 0.6 is 0 Å². The molecule has 2 N–H and O–H groups in total. The molecule has 0 radical (unpaired) electrons. The molecule has 1 aliphatic rings. The minimum absolute atomic E-state index is 0.0769. The van der Waals surface area contributed by atoms with Crippen molar-refractivity contribution in [1.82, 2.24) is 5.32 Å². The zero-order chi connectivity index (χ0) is 16.7. The average molecular weight is 319 g/mol. The molecular weight excluding hydrogens is 294 g/mol. The van der Waals surface area contributed by atoms with Crippen LogP contribution in [0.2, 0.25) is 0 Å². The Morgan fingerprint density at radius 2 is 1.91 bits per heavy atom. The summed E-state index contributed by atoms with van der Waals surface area (Å²) in [5, 5.41) is 12.2. The fourth-order valence-corrected chi connectivity index (χ4v) is 3.05. The number of hydrogen-bond donors (Lipinski definition) is 2. The predicted molar refractivity (Wildman–Crippen MR) is 87.2 cm³/mol. The van der Waals surface area contributed by atoms with Crippen LogP contribution in [0.1, 0.15) is 37.7 Å². The van der Waals surface area contributed by atoms with Crippen LogP contribution in [0.15, 0.2) is 30.3 Å². The van der Waals surface area contributed by atoms with E-state index in [1.54, 1.807) is 0 Å². The van der Waals surface area contributed by atoms with E-state index in [9.17, 15) is 14.7 Å². The van der Waals surface area contributed by atoms with Gasteiger partial charge in [0.2, 0.25) is 5.91 Å². The van der Waals surface area contributed by atoms with Crippen molar-refractivity contribution in [2.24, 2.45) is 11.8 Å². The fourth-order valence-electron chi connectivity index (χ4n) is 3.05. The zero-order valence-electron chi connectivity index (χ0n) is 13.5. The summed E-state index contributed by atoms with van der Waals surface area (Å²) in [6.45, 7) is 3.41. The third kappa shape index (κ3) is 5.36. The number of carboxylic acids is 1. The summed E-state index contributed by atoms with van der Waals surface area (Å²) in [6, 6.07) is 9.85. The fraction of sp³-hybridized carbons (Fsp3) is 0.556. The smallest absolute Gasteiger partial charge is 0.308 e. The van der Waals surface area contributed by atoms with E-state index < -0.39 is 11.9 Å². The highest BCUT2D eigenvalue weighted by Gasteiger charge is 2.30. The Hall–Kier alpha value is -1.88. The molecule has 2 rings (SSSR count). The lowest BCUT2D eigenvalue weighted by Gasteiger charge is -2.27. The number of carbonyl (C=O) groups is 2. The molecule has 0 saturated carbocycles. The van der Waals surface area contributed by atoms with Crippen molar-refractivity contribution in [2.45, 2.75) is 32.1 Å². The van der Waals surface area contributed by atoms with Crippen LogP contribution in [0.3, 0.4) is 0 Å². The summed E-state index contributed by atoms with van der Waals surface area (Å²) < 4.78 is 5.28. The van der Waals surface area contributed by atoms with Gasteiger partial charge in [-0.15, -0.1) is 0 Å². The lowest BCUT2D eigenvalue weighted by Crippen LogP contribution is -2.39. The first-order valence-electron chi connectivity index (χ1n) is 8.20. The van der Waals surface area contributed by atoms with Crippen molar-refractivity contribution in [1.29, 1.82) is 0 Å². The summed E-state index contributed by atoms with van der Waals surface area (Å²) >= 11 is 0. The predicted octanol–water partition coefficient (Wildman–Crippen LogP) is 2.42. The van der Waals surface area contributed by atoms with Crippen LogP contribution in [-0.4, -0.2) is 36.7 Å². The number of aliphatic carboxylic acids is 1. The van der Waals surface area contributed by atoms with Crippen molar-refractivity contribution in [2.75, 3.05) is 19.8 Å². The molecule has 126 valence electrons. The van der Waals surface area contributed by atoms with Gasteiger partial charge in [-0.2, -0.15) is 0 Å². The van der Waals surface area contributed by atoms with Crippen LogP contribution in [0.5, 0.6) is 0 Å². The normalized spacial score (nSPS) is 18.1. The molecule has 23 heavy (non-hydrogen) atoms.